The van der Waals surface area contributed by atoms with Crippen molar-refractivity contribution in [1.29, 1.82) is 0 Å². The number of hydrogen-bond donors (Lipinski definition) is 1. The van der Waals surface area contributed by atoms with E-state index in [9.17, 15) is 4.79 Å². The molecule has 0 aromatic carbocycles. The van der Waals surface area contributed by atoms with Gasteiger partial charge in [-0.2, -0.15) is 0 Å². The second-order valence-electron chi connectivity index (χ2n) is 5.50. The van der Waals surface area contributed by atoms with Gasteiger partial charge in [0.25, 0.3) is 0 Å². The lowest BCUT2D eigenvalue weighted by Gasteiger charge is -2.28. The molecule has 0 saturated carbocycles. The fourth-order valence-electron chi connectivity index (χ4n) is 2.73. The molecule has 1 saturated heterocycles. The quantitative estimate of drug-likeness (QED) is 0.681. The van der Waals surface area contributed by atoms with Crippen LogP contribution in [-0.2, 0) is 4.79 Å². The molecule has 1 amide bonds. The van der Waals surface area contributed by atoms with Crippen LogP contribution in [0.4, 0.5) is 0 Å². The van der Waals surface area contributed by atoms with Crippen molar-refractivity contribution in [2.75, 3.05) is 32.8 Å². The Balaban J connectivity index is 2.47. The van der Waals surface area contributed by atoms with Crippen LogP contribution in [0.3, 0.4) is 0 Å². The Kier molecular flexibility index (Phi) is 7.10. The predicted molar refractivity (Wildman–Crippen MR) is 78.0 cm³/mol. The van der Waals surface area contributed by atoms with Gasteiger partial charge in [0.2, 0.25) is 5.91 Å². The molecule has 1 N–H and O–H groups in total. The topological polar surface area (TPSA) is 43.8 Å². The average Bonchev–Trinajstić information content (AvgIpc) is 2.80. The summed E-state index contributed by atoms with van der Waals surface area (Å²) in [7, 11) is 0. The minimum Gasteiger partial charge on any atom is -0.396 e. The van der Waals surface area contributed by atoms with E-state index in [1.807, 2.05) is 18.7 Å². The van der Waals surface area contributed by atoms with Crippen LogP contribution in [0.25, 0.3) is 0 Å². The van der Waals surface area contributed by atoms with Gasteiger partial charge in [0.05, 0.1) is 6.54 Å². The number of likely N-dealkylation sites (tertiary alicyclic amines) is 1. The molecule has 1 aliphatic heterocycles. The molecule has 0 spiro atoms. The molecule has 0 aromatic heterocycles. The van der Waals surface area contributed by atoms with E-state index in [-0.39, 0.29) is 12.5 Å². The smallest absolute Gasteiger partial charge is 0.237 e. The Hall–Kier alpha value is -0.870. The molecule has 0 bridgehead atoms. The van der Waals surface area contributed by atoms with Crippen LogP contribution in [0, 0.1) is 0 Å². The third-order valence-corrected chi connectivity index (χ3v) is 3.73. The standard InChI is InChI=1S/C15H28N2O2/c1-4-16(11-13(2)3)15(19)12-17-9-5-7-14(17)8-6-10-18/h14,18H,2,4-12H2,1,3H3. The molecule has 110 valence electrons. The van der Waals surface area contributed by atoms with Gasteiger partial charge >= 0.3 is 0 Å². The monoisotopic (exact) mass is 268 g/mol. The van der Waals surface area contributed by atoms with E-state index in [2.05, 4.69) is 11.5 Å². The third-order valence-electron chi connectivity index (χ3n) is 3.73. The van der Waals surface area contributed by atoms with E-state index in [0.717, 1.165) is 44.3 Å². The Morgan fingerprint density at radius 1 is 1.53 bits per heavy atom. The molecule has 4 heteroatoms. The van der Waals surface area contributed by atoms with Gasteiger partial charge in [-0.25, -0.2) is 0 Å². The van der Waals surface area contributed by atoms with Crippen LogP contribution >= 0.6 is 0 Å². The van der Waals surface area contributed by atoms with Crippen LogP contribution in [-0.4, -0.2) is 59.6 Å². The van der Waals surface area contributed by atoms with Crippen molar-refractivity contribution in [2.24, 2.45) is 0 Å². The first-order valence-corrected chi connectivity index (χ1v) is 7.35. The Bertz CT molecular complexity index is 305. The summed E-state index contributed by atoms with van der Waals surface area (Å²) >= 11 is 0. The molecular formula is C15H28N2O2. The number of aliphatic hydroxyl groups is 1. The first kappa shape index (κ1) is 16.2. The van der Waals surface area contributed by atoms with Crippen molar-refractivity contribution in [3.8, 4) is 0 Å². The van der Waals surface area contributed by atoms with Crippen LogP contribution in [0.15, 0.2) is 12.2 Å². The van der Waals surface area contributed by atoms with Crippen LogP contribution < -0.4 is 0 Å². The van der Waals surface area contributed by atoms with Gasteiger partial charge in [0.1, 0.15) is 0 Å². The van der Waals surface area contributed by atoms with Crippen LogP contribution in [0.2, 0.25) is 0 Å². The highest BCUT2D eigenvalue weighted by molar-refractivity contribution is 5.78. The molecule has 1 unspecified atom stereocenters. The number of likely N-dealkylation sites (N-methyl/N-ethyl adjacent to an activating group) is 1. The molecule has 19 heavy (non-hydrogen) atoms. The molecule has 0 aromatic rings. The summed E-state index contributed by atoms with van der Waals surface area (Å²) in [6.07, 6.45) is 4.14. The molecule has 1 rings (SSSR count). The maximum absolute atomic E-state index is 12.3. The van der Waals surface area contributed by atoms with Crippen molar-refractivity contribution in [3.05, 3.63) is 12.2 Å². The lowest BCUT2D eigenvalue weighted by Crippen LogP contribution is -2.42. The average molecular weight is 268 g/mol. The van der Waals surface area contributed by atoms with E-state index < -0.39 is 0 Å². The lowest BCUT2D eigenvalue weighted by atomic mass is 10.1. The number of hydrogen-bond acceptors (Lipinski definition) is 3. The molecule has 1 fully saturated rings. The van der Waals surface area contributed by atoms with Crippen molar-refractivity contribution < 1.29 is 9.90 Å². The Morgan fingerprint density at radius 3 is 2.84 bits per heavy atom. The number of amides is 1. The van der Waals surface area contributed by atoms with E-state index in [1.54, 1.807) is 0 Å². The minimum atomic E-state index is 0.196. The zero-order valence-electron chi connectivity index (χ0n) is 12.4. The molecule has 0 aliphatic carbocycles. The largest absolute Gasteiger partial charge is 0.396 e. The normalized spacial score (nSPS) is 19.6. The van der Waals surface area contributed by atoms with Crippen LogP contribution in [0.1, 0.15) is 39.5 Å². The van der Waals surface area contributed by atoms with Gasteiger partial charge in [-0.3, -0.25) is 9.69 Å². The van der Waals surface area contributed by atoms with Crippen molar-refractivity contribution in [3.63, 3.8) is 0 Å². The molecular weight excluding hydrogens is 240 g/mol. The Labute approximate surface area is 117 Å². The van der Waals surface area contributed by atoms with Gasteiger partial charge in [-0.05, 0) is 46.1 Å². The SMILES string of the molecule is C=C(C)CN(CC)C(=O)CN1CCCC1CCCO. The van der Waals surface area contributed by atoms with Gasteiger partial charge in [-0.15, -0.1) is 0 Å². The Morgan fingerprint density at radius 2 is 2.26 bits per heavy atom. The summed E-state index contributed by atoms with van der Waals surface area (Å²) in [5, 5.41) is 8.92. The summed E-state index contributed by atoms with van der Waals surface area (Å²) in [4.78, 5) is 16.4. The second-order valence-corrected chi connectivity index (χ2v) is 5.50. The summed E-state index contributed by atoms with van der Waals surface area (Å²) < 4.78 is 0. The number of rotatable bonds is 8. The fourth-order valence-corrected chi connectivity index (χ4v) is 2.73. The van der Waals surface area contributed by atoms with E-state index in [0.29, 0.717) is 19.1 Å². The molecule has 0 radical (unpaired) electrons. The summed E-state index contributed by atoms with van der Waals surface area (Å²) in [6.45, 7) is 11.0. The molecule has 1 aliphatic rings. The summed E-state index contributed by atoms with van der Waals surface area (Å²) in [5.41, 5.74) is 1.02. The number of aliphatic hydroxyl groups excluding tert-OH is 1. The highest BCUT2D eigenvalue weighted by Crippen LogP contribution is 2.21. The number of carbonyl (C=O) groups excluding carboxylic acids is 1. The predicted octanol–water partition coefficient (Wildman–Crippen LogP) is 1.65. The van der Waals surface area contributed by atoms with Crippen molar-refractivity contribution in [1.82, 2.24) is 9.80 Å². The lowest BCUT2D eigenvalue weighted by molar-refractivity contribution is -0.132. The first-order chi connectivity index (χ1) is 9.08. The minimum absolute atomic E-state index is 0.196. The fraction of sp³-hybridized carbons (Fsp3) is 0.800. The highest BCUT2D eigenvalue weighted by atomic mass is 16.3. The second kappa shape index (κ2) is 8.33. The summed E-state index contributed by atoms with van der Waals surface area (Å²) in [6, 6.07) is 0.472. The van der Waals surface area contributed by atoms with Crippen molar-refractivity contribution >= 4 is 5.91 Å². The molecule has 1 atom stereocenters. The summed E-state index contributed by atoms with van der Waals surface area (Å²) in [5.74, 6) is 0.196. The highest BCUT2D eigenvalue weighted by Gasteiger charge is 2.26. The third kappa shape index (κ3) is 5.33. The van der Waals surface area contributed by atoms with Gasteiger partial charge < -0.3 is 10.0 Å². The number of nitrogens with zero attached hydrogens (tertiary/aromatic N) is 2. The molecule has 1 heterocycles. The first-order valence-electron chi connectivity index (χ1n) is 7.35. The van der Waals surface area contributed by atoms with E-state index >= 15 is 0 Å². The van der Waals surface area contributed by atoms with Gasteiger partial charge in [0.15, 0.2) is 0 Å². The van der Waals surface area contributed by atoms with Gasteiger partial charge in [-0.1, -0.05) is 12.2 Å². The van der Waals surface area contributed by atoms with Gasteiger partial charge in [0, 0.05) is 25.7 Å². The van der Waals surface area contributed by atoms with Crippen LogP contribution in [0.5, 0.6) is 0 Å². The maximum Gasteiger partial charge on any atom is 0.237 e. The van der Waals surface area contributed by atoms with E-state index in [1.165, 1.54) is 0 Å². The number of carbonyl (C=O) groups is 1. The molecule has 4 nitrogen and oxygen atoms in total. The maximum atomic E-state index is 12.3. The van der Waals surface area contributed by atoms with Crippen molar-refractivity contribution in [2.45, 2.75) is 45.6 Å². The zero-order valence-corrected chi connectivity index (χ0v) is 12.4. The zero-order chi connectivity index (χ0) is 14.3. The van der Waals surface area contributed by atoms with E-state index in [4.69, 9.17) is 5.11 Å².